The molecule has 0 aromatic carbocycles. The lowest BCUT2D eigenvalue weighted by molar-refractivity contribution is -0.160. The number of nitrogens with zero attached hydrogens (tertiary/aromatic N) is 6. The fourth-order valence-electron chi connectivity index (χ4n) is 8.66. The van der Waals surface area contributed by atoms with Gasteiger partial charge in [0, 0.05) is 54.0 Å². The van der Waals surface area contributed by atoms with E-state index >= 15 is 0 Å². The van der Waals surface area contributed by atoms with Crippen LogP contribution in [-0.2, 0) is 25.7 Å². The molecule has 15 nitrogen and oxygen atoms in total. The maximum absolute atomic E-state index is 13.6. The zero-order valence-electron chi connectivity index (χ0n) is 25.5. The predicted molar refractivity (Wildman–Crippen MR) is 161 cm³/mol. The van der Waals surface area contributed by atoms with Crippen molar-refractivity contribution in [3.8, 4) is 0 Å². The number of carboxylic acids is 1. The zero-order chi connectivity index (χ0) is 32.2. The standard InChI is InChI=1S/C29H41N9O6S/c1-14(3-18(40)10-37-13-33-34-35-37)22-23-15(2)25(24(28(43)44)38(23)27(22)42)45-19-6-20(32-8-19)26(41)36-9-17-4-16(5-21(30)31)7-29(17,11-36)12-39/h13-17,19-20,22-23,32,39H,3-12H2,1-2H3,(H3,30,31)(H,43,44)/t14-,15+,16-,17?,19-,20-,22+,23+,29+/m0/s1. The van der Waals surface area contributed by atoms with Gasteiger partial charge < -0.3 is 31.1 Å². The molecule has 6 rings (SSSR count). The number of likely N-dealkylation sites (tertiary alicyclic amines) is 1. The van der Waals surface area contributed by atoms with Crippen molar-refractivity contribution >= 4 is 41.2 Å². The average molecular weight is 644 g/mol. The maximum Gasteiger partial charge on any atom is 0.353 e. The number of carboxylic acid groups (broad SMARTS) is 1. The van der Waals surface area contributed by atoms with Gasteiger partial charge in [-0.15, -0.1) is 16.9 Å². The van der Waals surface area contributed by atoms with Gasteiger partial charge in [0.25, 0.3) is 0 Å². The van der Waals surface area contributed by atoms with Crippen LogP contribution < -0.4 is 11.1 Å². The molecule has 9 atom stereocenters. The highest BCUT2D eigenvalue weighted by Gasteiger charge is 2.60. The van der Waals surface area contributed by atoms with Gasteiger partial charge in [-0.25, -0.2) is 9.48 Å². The highest BCUT2D eigenvalue weighted by molar-refractivity contribution is 8.03. The van der Waals surface area contributed by atoms with Crippen LogP contribution in [0.2, 0.25) is 0 Å². The third-order valence-electron chi connectivity index (χ3n) is 10.6. The number of fused-ring (bicyclic) bond motifs is 2. The minimum absolute atomic E-state index is 0.000109. The van der Waals surface area contributed by atoms with E-state index in [1.54, 1.807) is 0 Å². The van der Waals surface area contributed by atoms with Gasteiger partial charge in [0.15, 0.2) is 5.78 Å². The van der Waals surface area contributed by atoms with Crippen LogP contribution >= 0.6 is 11.8 Å². The summed E-state index contributed by atoms with van der Waals surface area (Å²) < 4.78 is 1.33. The van der Waals surface area contributed by atoms with Crippen LogP contribution in [0.4, 0.5) is 0 Å². The molecular weight excluding hydrogens is 602 g/mol. The summed E-state index contributed by atoms with van der Waals surface area (Å²) in [5, 5.41) is 42.2. The van der Waals surface area contributed by atoms with Crippen molar-refractivity contribution in [3.05, 3.63) is 16.9 Å². The zero-order valence-corrected chi connectivity index (χ0v) is 26.3. The first-order valence-corrected chi connectivity index (χ1v) is 16.5. The number of nitrogens with two attached hydrogens (primary N) is 1. The predicted octanol–water partition coefficient (Wildman–Crippen LogP) is -0.322. The van der Waals surface area contributed by atoms with Crippen molar-refractivity contribution in [1.82, 2.24) is 35.3 Å². The Balaban J connectivity index is 1.07. The number of Topliss-reactive ketones (excluding diaryl/α,β-unsaturated/α-hetero) is 1. The Morgan fingerprint density at radius 3 is 2.73 bits per heavy atom. The molecule has 0 radical (unpaired) electrons. The number of amides is 2. The smallest absolute Gasteiger partial charge is 0.353 e. The summed E-state index contributed by atoms with van der Waals surface area (Å²) in [4.78, 5) is 55.8. The molecule has 4 aliphatic heterocycles. The van der Waals surface area contributed by atoms with Gasteiger partial charge in [0.2, 0.25) is 11.8 Å². The van der Waals surface area contributed by atoms with Crippen LogP contribution in [0.5, 0.6) is 0 Å². The quantitative estimate of drug-likeness (QED) is 0.112. The minimum atomic E-state index is -1.15. The third-order valence-corrected chi connectivity index (χ3v) is 12.1. The number of β-lactam (4-membered cyclic amide) rings is 1. The summed E-state index contributed by atoms with van der Waals surface area (Å²) in [6.45, 7) is 5.38. The van der Waals surface area contributed by atoms with Crippen molar-refractivity contribution in [1.29, 1.82) is 5.41 Å². The number of aliphatic carboxylic acids is 1. The molecule has 6 N–H and O–H groups in total. The first-order chi connectivity index (χ1) is 21.4. The van der Waals surface area contributed by atoms with E-state index in [9.17, 15) is 29.4 Å². The number of rotatable bonds is 12. The number of thioether (sulfide) groups is 1. The highest BCUT2D eigenvalue weighted by atomic mass is 32.2. The number of carbonyl (C=O) groups is 4. The SMILES string of the molecule is C[C@@H](CC(=O)Cn1cnnn1)[C@H]1C(=O)N2C(C(=O)O)=C(S[C@@H]3CN[C@H](C(=O)N4CC5C[C@@H](CC(=N)N)C[C@]5(CO)C4)C3)[C@H](C)[C@H]12. The molecule has 5 heterocycles. The number of aliphatic hydroxyl groups excluding tert-OH is 1. The topological polar surface area (TPSA) is 221 Å². The summed E-state index contributed by atoms with van der Waals surface area (Å²) in [5.41, 5.74) is 5.29. The second kappa shape index (κ2) is 12.1. The Morgan fingerprint density at radius 1 is 1.31 bits per heavy atom. The van der Waals surface area contributed by atoms with E-state index in [-0.39, 0.29) is 89.1 Å². The van der Waals surface area contributed by atoms with E-state index < -0.39 is 17.9 Å². The molecule has 1 aromatic rings. The summed E-state index contributed by atoms with van der Waals surface area (Å²) >= 11 is 1.44. The number of ketones is 1. The second-order valence-corrected chi connectivity index (χ2v) is 15.0. The van der Waals surface area contributed by atoms with E-state index in [4.69, 9.17) is 11.1 Å². The van der Waals surface area contributed by atoms with Gasteiger partial charge in [-0.1, -0.05) is 13.8 Å². The van der Waals surface area contributed by atoms with Crippen molar-refractivity contribution < 1.29 is 29.4 Å². The van der Waals surface area contributed by atoms with Gasteiger partial charge in [-0.05, 0) is 47.4 Å². The van der Waals surface area contributed by atoms with E-state index in [1.807, 2.05) is 18.7 Å². The number of amidine groups is 1. The summed E-state index contributed by atoms with van der Waals surface area (Å²) in [7, 11) is 0. The first kappa shape index (κ1) is 31.6. The Labute approximate surface area is 264 Å². The number of carbonyl (C=O) groups excluding carboxylic acids is 3. The Bertz CT molecular complexity index is 1420. The van der Waals surface area contributed by atoms with E-state index in [2.05, 4.69) is 20.8 Å². The molecule has 1 aromatic heterocycles. The average Bonchev–Trinajstić information content (AvgIpc) is 3.78. The molecule has 244 valence electrons. The number of hydrogen-bond acceptors (Lipinski definition) is 11. The molecule has 2 amide bonds. The van der Waals surface area contributed by atoms with Crippen LogP contribution in [0.15, 0.2) is 16.9 Å². The van der Waals surface area contributed by atoms with Crippen molar-refractivity contribution in [2.45, 2.75) is 69.8 Å². The lowest BCUT2D eigenvalue weighted by Gasteiger charge is -2.47. The van der Waals surface area contributed by atoms with E-state index in [0.29, 0.717) is 37.4 Å². The van der Waals surface area contributed by atoms with Gasteiger partial charge in [0.1, 0.15) is 18.6 Å². The van der Waals surface area contributed by atoms with Crippen LogP contribution in [-0.4, -0.2) is 113 Å². The fraction of sp³-hybridized carbons (Fsp3) is 0.724. The fourth-order valence-corrected chi connectivity index (χ4v) is 10.1. The normalized spacial score (nSPS) is 34.6. The molecule has 5 aliphatic rings. The second-order valence-electron chi connectivity index (χ2n) is 13.7. The lowest BCUT2D eigenvalue weighted by atomic mass is 9.73. The monoisotopic (exact) mass is 643 g/mol. The van der Waals surface area contributed by atoms with Crippen molar-refractivity contribution in [2.24, 2.45) is 40.7 Å². The summed E-state index contributed by atoms with van der Waals surface area (Å²) in [6.07, 6.45) is 4.15. The van der Waals surface area contributed by atoms with Crippen LogP contribution in [0.3, 0.4) is 0 Å². The molecule has 1 saturated carbocycles. The molecule has 1 unspecified atom stereocenters. The van der Waals surface area contributed by atoms with Gasteiger partial charge in [0.05, 0.1) is 30.4 Å². The Kier molecular flexibility index (Phi) is 8.50. The molecule has 1 aliphatic carbocycles. The number of hydrogen-bond donors (Lipinski definition) is 5. The van der Waals surface area contributed by atoms with Gasteiger partial charge in [-0.2, -0.15) is 0 Å². The van der Waals surface area contributed by atoms with E-state index in [1.165, 1.54) is 27.7 Å². The largest absolute Gasteiger partial charge is 0.477 e. The Hall–Kier alpha value is -3.37. The van der Waals surface area contributed by atoms with Gasteiger partial charge in [-0.3, -0.25) is 19.8 Å². The molecule has 45 heavy (non-hydrogen) atoms. The molecule has 3 saturated heterocycles. The van der Waals surface area contributed by atoms with Crippen LogP contribution in [0, 0.1) is 40.4 Å². The van der Waals surface area contributed by atoms with E-state index in [0.717, 1.165) is 12.8 Å². The molecule has 16 heteroatoms. The number of aliphatic hydroxyl groups is 1. The molecule has 0 bridgehead atoms. The number of nitrogens with one attached hydrogen (secondary N) is 2. The molecular formula is C29H41N9O6S. The summed E-state index contributed by atoms with van der Waals surface area (Å²) in [6, 6.07) is -0.743. The Morgan fingerprint density at radius 2 is 2.09 bits per heavy atom. The number of aromatic nitrogens is 4. The van der Waals surface area contributed by atoms with Crippen LogP contribution in [0.1, 0.15) is 46.0 Å². The third kappa shape index (κ3) is 5.65. The van der Waals surface area contributed by atoms with Gasteiger partial charge >= 0.3 is 5.97 Å². The van der Waals surface area contributed by atoms with Crippen molar-refractivity contribution in [3.63, 3.8) is 0 Å². The minimum Gasteiger partial charge on any atom is -0.477 e. The van der Waals surface area contributed by atoms with Crippen LogP contribution in [0.25, 0.3) is 0 Å². The molecule has 4 fully saturated rings. The lowest BCUT2D eigenvalue weighted by Crippen LogP contribution is -2.62. The van der Waals surface area contributed by atoms with Crippen molar-refractivity contribution in [2.75, 3.05) is 26.2 Å². The first-order valence-electron chi connectivity index (χ1n) is 15.6. The number of tetrazole rings is 1. The highest BCUT2D eigenvalue weighted by Crippen LogP contribution is 2.54. The maximum atomic E-state index is 13.6. The summed E-state index contributed by atoms with van der Waals surface area (Å²) in [5.74, 6) is -1.92. The molecule has 0 spiro atoms.